The van der Waals surface area contributed by atoms with Gasteiger partial charge in [0.25, 0.3) is 0 Å². The van der Waals surface area contributed by atoms with Crippen LogP contribution in [0, 0.1) is 23.7 Å². The van der Waals surface area contributed by atoms with E-state index in [1.807, 2.05) is 44.2 Å². The van der Waals surface area contributed by atoms with Gasteiger partial charge in [-0.25, -0.2) is 0 Å². The maximum atomic E-state index is 13.2. The summed E-state index contributed by atoms with van der Waals surface area (Å²) in [6.07, 6.45) is 2.44. The summed E-state index contributed by atoms with van der Waals surface area (Å²) in [6.45, 7) is 10.3. The third kappa shape index (κ3) is 10.6. The molecule has 1 aliphatic rings. The van der Waals surface area contributed by atoms with Gasteiger partial charge in [0, 0.05) is 38.6 Å². The second kappa shape index (κ2) is 17.3. The van der Waals surface area contributed by atoms with Crippen molar-refractivity contribution in [3.8, 4) is 23.0 Å². The smallest absolute Gasteiger partial charge is 0.231 e. The molecular weight excluding hydrogens is 548 g/mol. The quantitative estimate of drug-likeness (QED) is 0.198. The molecule has 0 bridgehead atoms. The van der Waals surface area contributed by atoms with Crippen LogP contribution in [0.4, 0.5) is 0 Å². The predicted molar refractivity (Wildman–Crippen MR) is 168 cm³/mol. The molecule has 0 radical (unpaired) electrons. The molecule has 2 aromatic rings. The number of fused-ring (bicyclic) bond motifs is 1. The molecule has 0 spiro atoms. The average Bonchev–Trinajstić information content (AvgIpc) is 3.45. The molecule has 3 rings (SSSR count). The number of nitrogens with one attached hydrogen (secondary N) is 1. The zero-order valence-electron chi connectivity index (χ0n) is 26.8. The van der Waals surface area contributed by atoms with Gasteiger partial charge in [-0.3, -0.25) is 4.79 Å². The Labute approximate surface area is 257 Å². The number of hydrogen-bond acceptors (Lipinski definition) is 8. The van der Waals surface area contributed by atoms with Gasteiger partial charge in [-0.15, -0.1) is 0 Å². The van der Waals surface area contributed by atoms with E-state index in [1.165, 1.54) is 0 Å². The van der Waals surface area contributed by atoms with Gasteiger partial charge in [-0.2, -0.15) is 0 Å². The molecule has 4 atom stereocenters. The number of methoxy groups -OCH3 is 2. The Morgan fingerprint density at radius 3 is 2.40 bits per heavy atom. The van der Waals surface area contributed by atoms with E-state index in [0.717, 1.165) is 35.5 Å². The van der Waals surface area contributed by atoms with Gasteiger partial charge in [0.15, 0.2) is 23.0 Å². The number of benzene rings is 2. The van der Waals surface area contributed by atoms with Crippen molar-refractivity contribution in [2.75, 3.05) is 40.8 Å². The Morgan fingerprint density at radius 2 is 1.70 bits per heavy atom. The molecule has 0 aromatic heterocycles. The first kappa shape index (κ1) is 34.5. The number of carbonyl (C=O) groups excluding carboxylic acids is 1. The van der Waals surface area contributed by atoms with Crippen molar-refractivity contribution in [3.05, 3.63) is 47.5 Å². The minimum absolute atomic E-state index is 0.0568. The Kier molecular flexibility index (Phi) is 13.9. The lowest BCUT2D eigenvalue weighted by atomic mass is 9.81. The van der Waals surface area contributed by atoms with Gasteiger partial charge < -0.3 is 39.8 Å². The van der Waals surface area contributed by atoms with E-state index in [4.69, 9.17) is 29.4 Å². The van der Waals surface area contributed by atoms with Gasteiger partial charge in [0.05, 0.1) is 19.8 Å². The molecule has 0 fully saturated rings. The van der Waals surface area contributed by atoms with Gasteiger partial charge in [0.2, 0.25) is 12.7 Å². The minimum atomic E-state index is -0.788. The van der Waals surface area contributed by atoms with Crippen molar-refractivity contribution in [1.29, 1.82) is 0 Å². The van der Waals surface area contributed by atoms with Crippen molar-refractivity contribution in [2.45, 2.75) is 71.9 Å². The van der Waals surface area contributed by atoms with Crippen LogP contribution < -0.4 is 30.0 Å². The summed E-state index contributed by atoms with van der Waals surface area (Å²) in [5, 5.41) is 14.2. The first-order valence-electron chi connectivity index (χ1n) is 15.5. The largest absolute Gasteiger partial charge is 0.493 e. The Hall–Kier alpha value is -3.01. The molecule has 2 aromatic carbocycles. The maximum absolute atomic E-state index is 13.2. The van der Waals surface area contributed by atoms with Gasteiger partial charge in [-0.05, 0) is 78.8 Å². The molecule has 43 heavy (non-hydrogen) atoms. The molecule has 0 aliphatic carbocycles. The first-order chi connectivity index (χ1) is 20.6. The monoisotopic (exact) mass is 600 g/mol. The molecule has 4 N–H and O–H groups in total. The normalized spacial score (nSPS) is 15.3. The highest BCUT2D eigenvalue weighted by molar-refractivity contribution is 5.78. The van der Waals surface area contributed by atoms with Crippen LogP contribution in [0.25, 0.3) is 0 Å². The summed E-state index contributed by atoms with van der Waals surface area (Å²) in [5.74, 6) is 3.16. The van der Waals surface area contributed by atoms with Crippen LogP contribution in [-0.4, -0.2) is 63.9 Å². The second-order valence-electron chi connectivity index (χ2n) is 12.2. The first-order valence-corrected chi connectivity index (χ1v) is 15.5. The van der Waals surface area contributed by atoms with Crippen LogP contribution in [0.2, 0.25) is 0 Å². The molecule has 0 saturated heterocycles. The highest BCUT2D eigenvalue weighted by Gasteiger charge is 2.30. The summed E-state index contributed by atoms with van der Waals surface area (Å²) in [4.78, 5) is 13.2. The van der Waals surface area contributed by atoms with E-state index in [1.54, 1.807) is 14.2 Å². The molecular formula is C34H52N2O7. The molecule has 240 valence electrons. The summed E-state index contributed by atoms with van der Waals surface area (Å²) in [5.41, 5.74) is 8.78. The van der Waals surface area contributed by atoms with E-state index >= 15 is 0 Å². The topological polar surface area (TPSA) is 122 Å². The van der Waals surface area contributed by atoms with Gasteiger partial charge >= 0.3 is 0 Å². The SMILES string of the molecule is COCCCOc1cc(C[C@@H](C[C@H](N)[C@@H](O)C[C@H](C(=O)NCCc2ccc3c(c2)OCO3)C(C)C)C(C)C)ccc1OC. The highest BCUT2D eigenvalue weighted by atomic mass is 16.7. The fourth-order valence-electron chi connectivity index (χ4n) is 5.42. The van der Waals surface area contributed by atoms with Gasteiger partial charge in [-0.1, -0.05) is 39.8 Å². The fourth-order valence-corrected chi connectivity index (χ4v) is 5.42. The fraction of sp³-hybridized carbons (Fsp3) is 0.618. The van der Waals surface area contributed by atoms with Crippen molar-refractivity contribution in [2.24, 2.45) is 29.4 Å². The van der Waals surface area contributed by atoms with E-state index in [9.17, 15) is 9.90 Å². The number of aliphatic hydroxyl groups is 1. The number of aliphatic hydroxyl groups excluding tert-OH is 1. The zero-order chi connectivity index (χ0) is 31.4. The molecule has 1 amide bonds. The second-order valence-corrected chi connectivity index (χ2v) is 12.2. The number of rotatable bonds is 19. The van der Waals surface area contributed by atoms with Crippen molar-refractivity contribution in [1.82, 2.24) is 5.32 Å². The van der Waals surface area contributed by atoms with Crippen molar-refractivity contribution < 1.29 is 33.6 Å². The number of ether oxygens (including phenoxy) is 5. The number of amides is 1. The van der Waals surface area contributed by atoms with Crippen LogP contribution in [0.1, 0.15) is 58.1 Å². The third-order valence-corrected chi connectivity index (χ3v) is 8.28. The Balaban J connectivity index is 1.54. The molecule has 0 unspecified atom stereocenters. The molecule has 0 saturated carbocycles. The highest BCUT2D eigenvalue weighted by Crippen LogP contribution is 2.33. The van der Waals surface area contributed by atoms with Crippen LogP contribution in [0.5, 0.6) is 23.0 Å². The van der Waals surface area contributed by atoms with E-state index in [2.05, 4.69) is 25.2 Å². The van der Waals surface area contributed by atoms with Crippen molar-refractivity contribution in [3.63, 3.8) is 0 Å². The lowest BCUT2D eigenvalue weighted by molar-refractivity contribution is -0.127. The van der Waals surface area contributed by atoms with Crippen LogP contribution in [0.15, 0.2) is 36.4 Å². The number of nitrogens with two attached hydrogens (primary N) is 1. The predicted octanol–water partition coefficient (Wildman–Crippen LogP) is 4.75. The standard InChI is InChI=1S/C34H52N2O7/c1-22(2)26(16-25-9-10-30(40-6)32(18-25)41-15-7-14-39-5)19-28(35)29(37)20-27(23(3)4)34(38)36-13-12-24-8-11-31-33(17-24)43-21-42-31/h8-11,17-18,22-23,26-29,37H,7,12-16,19-21,35H2,1-6H3,(H,36,38)/t26-,27-,28-,29-/m0/s1. The van der Waals surface area contributed by atoms with E-state index in [-0.39, 0.29) is 30.5 Å². The van der Waals surface area contributed by atoms with Gasteiger partial charge in [0.1, 0.15) is 0 Å². The minimum Gasteiger partial charge on any atom is -0.493 e. The number of carbonyl (C=O) groups is 1. The van der Waals surface area contributed by atoms with Crippen LogP contribution >= 0.6 is 0 Å². The molecule has 9 nitrogen and oxygen atoms in total. The Morgan fingerprint density at radius 1 is 0.953 bits per heavy atom. The summed E-state index contributed by atoms with van der Waals surface area (Å²) in [7, 11) is 3.31. The lowest BCUT2D eigenvalue weighted by Gasteiger charge is -2.30. The lowest BCUT2D eigenvalue weighted by Crippen LogP contribution is -2.43. The van der Waals surface area contributed by atoms with Crippen LogP contribution in [-0.2, 0) is 22.4 Å². The molecule has 1 aliphatic heterocycles. The zero-order valence-corrected chi connectivity index (χ0v) is 26.8. The summed E-state index contributed by atoms with van der Waals surface area (Å²) in [6, 6.07) is 11.4. The molecule has 9 heteroatoms. The number of hydrogen-bond donors (Lipinski definition) is 3. The van der Waals surface area contributed by atoms with E-state index in [0.29, 0.717) is 56.4 Å². The summed E-state index contributed by atoms with van der Waals surface area (Å²) < 4.78 is 27.4. The Bertz CT molecular complexity index is 1140. The third-order valence-electron chi connectivity index (χ3n) is 8.28. The molecule has 1 heterocycles. The maximum Gasteiger partial charge on any atom is 0.231 e. The van der Waals surface area contributed by atoms with Crippen molar-refractivity contribution >= 4 is 5.91 Å². The van der Waals surface area contributed by atoms with Crippen LogP contribution in [0.3, 0.4) is 0 Å². The summed E-state index contributed by atoms with van der Waals surface area (Å²) >= 11 is 0. The van der Waals surface area contributed by atoms with E-state index < -0.39 is 12.1 Å². The average molecular weight is 601 g/mol.